The van der Waals surface area contributed by atoms with Gasteiger partial charge in [-0.15, -0.1) is 0 Å². The minimum absolute atomic E-state index is 0.0209. The van der Waals surface area contributed by atoms with E-state index in [0.717, 1.165) is 12.1 Å². The van der Waals surface area contributed by atoms with Gasteiger partial charge in [0.15, 0.2) is 0 Å². The largest absolute Gasteiger partial charge is 0.462 e. The third-order valence-electron chi connectivity index (χ3n) is 3.96. The molecule has 3 aromatic rings. The molecule has 0 fully saturated rings. The molecule has 0 aliphatic heterocycles. The fourth-order valence-electron chi connectivity index (χ4n) is 2.72. The van der Waals surface area contributed by atoms with E-state index in [1.807, 2.05) is 0 Å². The number of esters is 1. The van der Waals surface area contributed by atoms with Gasteiger partial charge < -0.3 is 9.72 Å². The first-order valence-corrected chi connectivity index (χ1v) is 8.35. The van der Waals surface area contributed by atoms with Gasteiger partial charge in [0, 0.05) is 5.56 Å². The Morgan fingerprint density at radius 2 is 1.68 bits per heavy atom. The molecule has 0 radical (unpaired) electrons. The lowest BCUT2D eigenvalue weighted by Crippen LogP contribution is -2.19. The number of carbonyl (C=O) groups excluding carboxylic acids is 1. The first-order chi connectivity index (χ1) is 13.3. The summed E-state index contributed by atoms with van der Waals surface area (Å²) in [5.41, 5.74) is -0.718. The van der Waals surface area contributed by atoms with Gasteiger partial charge in [0.05, 0.1) is 23.6 Å². The molecule has 0 amide bonds. The maximum absolute atomic E-state index is 12.8. The lowest BCUT2D eigenvalue weighted by Gasteiger charge is -2.14. The maximum atomic E-state index is 12.8. The number of alkyl halides is 3. The predicted octanol–water partition coefficient (Wildman–Crippen LogP) is 4.30. The summed E-state index contributed by atoms with van der Waals surface area (Å²) in [4.78, 5) is 31.1. The Balaban J connectivity index is 2.24. The maximum Gasteiger partial charge on any atom is 0.416 e. The molecule has 2 aromatic carbocycles. The van der Waals surface area contributed by atoms with Gasteiger partial charge in [-0.25, -0.2) is 9.59 Å². The molecule has 0 aliphatic rings. The molecule has 28 heavy (non-hydrogen) atoms. The summed E-state index contributed by atoms with van der Waals surface area (Å²) in [6.07, 6.45) is -4.50. The van der Waals surface area contributed by atoms with E-state index >= 15 is 0 Å². The molecular formula is C20H15F3N2O3. The molecular weight excluding hydrogens is 373 g/mol. The van der Waals surface area contributed by atoms with Gasteiger partial charge in [0.1, 0.15) is 5.56 Å². The van der Waals surface area contributed by atoms with Gasteiger partial charge in [-0.2, -0.15) is 18.2 Å². The predicted molar refractivity (Wildman–Crippen MR) is 96.7 cm³/mol. The summed E-state index contributed by atoms with van der Waals surface area (Å²) in [5, 5.41) is 0. The molecule has 0 bridgehead atoms. The number of hydrogen-bond acceptors (Lipinski definition) is 4. The van der Waals surface area contributed by atoms with Crippen molar-refractivity contribution < 1.29 is 22.7 Å². The fourth-order valence-corrected chi connectivity index (χ4v) is 2.72. The van der Waals surface area contributed by atoms with Gasteiger partial charge in [0.2, 0.25) is 0 Å². The number of carbonyl (C=O) groups is 1. The zero-order chi connectivity index (χ0) is 20.3. The summed E-state index contributed by atoms with van der Waals surface area (Å²) in [6.45, 7) is 1.70. The van der Waals surface area contributed by atoms with E-state index in [4.69, 9.17) is 4.74 Å². The number of nitrogens with zero attached hydrogens (tertiary/aromatic N) is 1. The molecule has 1 aromatic heterocycles. The van der Waals surface area contributed by atoms with Crippen molar-refractivity contribution in [3.05, 3.63) is 76.2 Å². The Morgan fingerprint density at radius 3 is 2.25 bits per heavy atom. The van der Waals surface area contributed by atoms with Gasteiger partial charge >= 0.3 is 17.8 Å². The SMILES string of the molecule is CCOC(=O)c1c(-c2ccccc2)nc(=O)[nH]c1-c1ccc(C(F)(F)F)cc1. The van der Waals surface area contributed by atoms with Crippen LogP contribution >= 0.6 is 0 Å². The summed E-state index contributed by atoms with van der Waals surface area (Å²) >= 11 is 0. The number of benzene rings is 2. The average molecular weight is 388 g/mol. The minimum atomic E-state index is -4.50. The third kappa shape index (κ3) is 3.95. The van der Waals surface area contributed by atoms with Gasteiger partial charge in [-0.1, -0.05) is 42.5 Å². The van der Waals surface area contributed by atoms with Crippen LogP contribution in [0.3, 0.4) is 0 Å². The number of aromatic nitrogens is 2. The van der Waals surface area contributed by atoms with Crippen LogP contribution in [0.15, 0.2) is 59.4 Å². The highest BCUT2D eigenvalue weighted by Crippen LogP contribution is 2.33. The van der Waals surface area contributed by atoms with Crippen molar-refractivity contribution in [3.8, 4) is 22.5 Å². The van der Waals surface area contributed by atoms with Crippen LogP contribution in [-0.4, -0.2) is 22.5 Å². The van der Waals surface area contributed by atoms with Crippen LogP contribution in [0.2, 0.25) is 0 Å². The van der Waals surface area contributed by atoms with Crippen LogP contribution in [0.1, 0.15) is 22.8 Å². The van der Waals surface area contributed by atoms with E-state index in [2.05, 4.69) is 9.97 Å². The molecule has 8 heteroatoms. The van der Waals surface area contributed by atoms with E-state index in [0.29, 0.717) is 5.56 Å². The molecule has 1 heterocycles. The van der Waals surface area contributed by atoms with Crippen molar-refractivity contribution >= 4 is 5.97 Å². The number of halogens is 3. The Labute approximate surface area is 157 Å². The number of nitrogens with one attached hydrogen (secondary N) is 1. The normalized spacial score (nSPS) is 11.3. The molecule has 0 unspecified atom stereocenters. The molecule has 0 aliphatic carbocycles. The minimum Gasteiger partial charge on any atom is -0.462 e. The smallest absolute Gasteiger partial charge is 0.416 e. The zero-order valence-electron chi connectivity index (χ0n) is 14.7. The van der Waals surface area contributed by atoms with Crippen molar-refractivity contribution in [1.82, 2.24) is 9.97 Å². The van der Waals surface area contributed by atoms with Crippen molar-refractivity contribution in [1.29, 1.82) is 0 Å². The van der Waals surface area contributed by atoms with Gasteiger partial charge in [0.25, 0.3) is 0 Å². The highest BCUT2D eigenvalue weighted by atomic mass is 19.4. The monoisotopic (exact) mass is 388 g/mol. The van der Waals surface area contributed by atoms with Crippen molar-refractivity contribution in [2.24, 2.45) is 0 Å². The van der Waals surface area contributed by atoms with Crippen molar-refractivity contribution in [2.45, 2.75) is 13.1 Å². The van der Waals surface area contributed by atoms with Crippen LogP contribution < -0.4 is 5.69 Å². The molecule has 0 saturated carbocycles. The number of ether oxygens (including phenoxy) is 1. The standard InChI is InChI=1S/C20H15F3N2O3/c1-2-28-18(26)15-16(12-6-4-3-5-7-12)24-19(27)25-17(15)13-8-10-14(11-9-13)20(21,22)23/h3-11H,2H2,1H3,(H,24,25,27). The molecule has 5 nitrogen and oxygen atoms in total. The van der Waals surface area contributed by atoms with E-state index in [-0.39, 0.29) is 29.1 Å². The molecule has 0 atom stereocenters. The summed E-state index contributed by atoms with van der Waals surface area (Å²) in [5.74, 6) is -0.736. The quantitative estimate of drug-likeness (QED) is 0.677. The highest BCUT2D eigenvalue weighted by Gasteiger charge is 2.30. The highest BCUT2D eigenvalue weighted by molar-refractivity contribution is 6.02. The Bertz CT molecular complexity index is 1040. The van der Waals surface area contributed by atoms with E-state index in [1.54, 1.807) is 37.3 Å². The number of rotatable bonds is 4. The topological polar surface area (TPSA) is 72.0 Å². The molecule has 0 saturated heterocycles. The second kappa shape index (κ2) is 7.67. The fraction of sp³-hybridized carbons (Fsp3) is 0.150. The third-order valence-corrected chi connectivity index (χ3v) is 3.96. The first kappa shape index (κ1) is 19.3. The number of H-pyrrole nitrogens is 1. The second-order valence-electron chi connectivity index (χ2n) is 5.80. The lowest BCUT2D eigenvalue weighted by molar-refractivity contribution is -0.137. The molecule has 3 rings (SSSR count). The Morgan fingerprint density at radius 1 is 1.04 bits per heavy atom. The van der Waals surface area contributed by atoms with E-state index < -0.39 is 23.4 Å². The molecule has 144 valence electrons. The summed E-state index contributed by atoms with van der Waals surface area (Å²) in [6, 6.07) is 12.7. The Hall–Kier alpha value is -3.42. The van der Waals surface area contributed by atoms with Crippen LogP contribution in [-0.2, 0) is 10.9 Å². The van der Waals surface area contributed by atoms with Crippen LogP contribution in [0.5, 0.6) is 0 Å². The van der Waals surface area contributed by atoms with E-state index in [1.165, 1.54) is 12.1 Å². The van der Waals surface area contributed by atoms with Crippen LogP contribution in [0, 0.1) is 0 Å². The van der Waals surface area contributed by atoms with Crippen LogP contribution in [0.4, 0.5) is 13.2 Å². The zero-order valence-corrected chi connectivity index (χ0v) is 14.7. The number of aromatic amines is 1. The van der Waals surface area contributed by atoms with E-state index in [9.17, 15) is 22.8 Å². The molecule has 0 spiro atoms. The lowest BCUT2D eigenvalue weighted by atomic mass is 9.99. The van der Waals surface area contributed by atoms with Crippen molar-refractivity contribution in [3.63, 3.8) is 0 Å². The summed E-state index contributed by atoms with van der Waals surface area (Å²) < 4.78 is 43.6. The van der Waals surface area contributed by atoms with Crippen molar-refractivity contribution in [2.75, 3.05) is 6.61 Å². The summed E-state index contributed by atoms with van der Waals surface area (Å²) in [7, 11) is 0. The Kier molecular flexibility index (Phi) is 5.30. The molecule has 1 N–H and O–H groups in total. The first-order valence-electron chi connectivity index (χ1n) is 8.35. The number of hydrogen-bond donors (Lipinski definition) is 1. The van der Waals surface area contributed by atoms with Gasteiger partial charge in [-0.05, 0) is 24.6 Å². The second-order valence-corrected chi connectivity index (χ2v) is 5.80. The van der Waals surface area contributed by atoms with Gasteiger partial charge in [-0.3, -0.25) is 0 Å². The average Bonchev–Trinajstić information content (AvgIpc) is 2.67. The van der Waals surface area contributed by atoms with Crippen LogP contribution in [0.25, 0.3) is 22.5 Å².